The number of halogens is 3. The van der Waals surface area contributed by atoms with E-state index < -0.39 is 11.7 Å². The van der Waals surface area contributed by atoms with E-state index in [1.165, 1.54) is 48.1 Å². The molecule has 0 aromatic heterocycles. The van der Waals surface area contributed by atoms with Crippen molar-refractivity contribution >= 4 is 0 Å². The van der Waals surface area contributed by atoms with Crippen molar-refractivity contribution in [1.29, 1.82) is 0 Å². The van der Waals surface area contributed by atoms with Gasteiger partial charge in [0.2, 0.25) is 0 Å². The molecular formula is C22H26F3N. The number of fused-ring (bicyclic) bond motifs is 1. The number of hydrogen-bond donors (Lipinski definition) is 1. The summed E-state index contributed by atoms with van der Waals surface area (Å²) in [5.41, 5.74) is 4.53. The molecule has 0 amide bonds. The normalized spacial score (nSPS) is 15.5. The van der Waals surface area contributed by atoms with Gasteiger partial charge in [-0.15, -0.1) is 0 Å². The monoisotopic (exact) mass is 361 g/mol. The molecule has 1 atom stereocenters. The molecule has 0 spiro atoms. The zero-order chi connectivity index (χ0) is 18.6. The lowest BCUT2D eigenvalue weighted by Gasteiger charge is -2.23. The first-order chi connectivity index (χ1) is 12.4. The summed E-state index contributed by atoms with van der Waals surface area (Å²) >= 11 is 0. The van der Waals surface area contributed by atoms with E-state index in [9.17, 15) is 13.2 Å². The van der Waals surface area contributed by atoms with Gasteiger partial charge in [-0.2, -0.15) is 13.2 Å². The van der Waals surface area contributed by atoms with Crippen LogP contribution in [0.2, 0.25) is 0 Å². The average Bonchev–Trinajstić information content (AvgIpc) is 2.64. The highest BCUT2D eigenvalue weighted by atomic mass is 19.4. The fraction of sp³-hybridized carbons (Fsp3) is 0.455. The Morgan fingerprint density at radius 2 is 1.81 bits per heavy atom. The highest BCUT2D eigenvalue weighted by Gasteiger charge is 2.30. The number of hydrogen-bond acceptors (Lipinski definition) is 1. The van der Waals surface area contributed by atoms with Gasteiger partial charge in [0.1, 0.15) is 0 Å². The third kappa shape index (κ3) is 4.67. The van der Waals surface area contributed by atoms with Gasteiger partial charge in [-0.05, 0) is 80.3 Å². The van der Waals surface area contributed by atoms with E-state index in [1.807, 2.05) is 0 Å². The van der Waals surface area contributed by atoms with Crippen LogP contribution in [0.15, 0.2) is 42.5 Å². The first kappa shape index (κ1) is 19.0. The summed E-state index contributed by atoms with van der Waals surface area (Å²) in [6, 6.07) is 12.5. The zero-order valence-electron chi connectivity index (χ0n) is 15.2. The van der Waals surface area contributed by atoms with E-state index in [0.29, 0.717) is 6.42 Å². The van der Waals surface area contributed by atoms with Crippen molar-refractivity contribution in [2.45, 2.75) is 57.7 Å². The largest absolute Gasteiger partial charge is 0.416 e. The maximum absolute atomic E-state index is 12.8. The Balaban J connectivity index is 1.53. The first-order valence-corrected chi connectivity index (χ1v) is 9.45. The smallest absolute Gasteiger partial charge is 0.310 e. The second-order valence-corrected chi connectivity index (χ2v) is 7.17. The number of alkyl halides is 3. The molecule has 0 fully saturated rings. The fourth-order valence-corrected chi connectivity index (χ4v) is 3.84. The SMILES string of the molecule is CC(NCCCc1cccc(C(F)(F)F)c1)c1cccc2c1CCCC2. The standard InChI is InChI=1S/C22H26F3N/c1-16(20-13-5-10-18-9-2-3-12-21(18)20)26-14-6-8-17-7-4-11-19(15-17)22(23,24)25/h4-5,7,10-11,13,15-16,26H,2-3,6,8-9,12,14H2,1H3. The topological polar surface area (TPSA) is 12.0 Å². The number of benzene rings is 2. The Morgan fingerprint density at radius 3 is 2.62 bits per heavy atom. The van der Waals surface area contributed by atoms with E-state index in [-0.39, 0.29) is 6.04 Å². The van der Waals surface area contributed by atoms with Crippen LogP contribution < -0.4 is 5.32 Å². The molecule has 140 valence electrons. The van der Waals surface area contributed by atoms with Gasteiger partial charge >= 0.3 is 6.18 Å². The van der Waals surface area contributed by atoms with Gasteiger partial charge in [0.25, 0.3) is 0 Å². The van der Waals surface area contributed by atoms with Crippen molar-refractivity contribution in [1.82, 2.24) is 5.32 Å². The van der Waals surface area contributed by atoms with Gasteiger partial charge in [-0.25, -0.2) is 0 Å². The van der Waals surface area contributed by atoms with Crippen LogP contribution in [0.25, 0.3) is 0 Å². The highest BCUT2D eigenvalue weighted by Crippen LogP contribution is 2.30. The Kier molecular flexibility index (Phi) is 6.02. The molecule has 0 saturated carbocycles. The van der Waals surface area contributed by atoms with Crippen LogP contribution >= 0.6 is 0 Å². The van der Waals surface area contributed by atoms with Crippen LogP contribution in [0, 0.1) is 0 Å². The second kappa shape index (κ2) is 8.26. The molecule has 0 radical (unpaired) electrons. The van der Waals surface area contributed by atoms with Crippen molar-refractivity contribution in [3.8, 4) is 0 Å². The minimum atomic E-state index is -4.27. The number of rotatable bonds is 6. The summed E-state index contributed by atoms with van der Waals surface area (Å²) in [6.45, 7) is 2.97. The average molecular weight is 361 g/mol. The fourth-order valence-electron chi connectivity index (χ4n) is 3.84. The van der Waals surface area contributed by atoms with Crippen LogP contribution in [0.1, 0.15) is 60.0 Å². The van der Waals surface area contributed by atoms with Crippen LogP contribution in [-0.4, -0.2) is 6.54 Å². The predicted octanol–water partition coefficient (Wildman–Crippen LogP) is 5.87. The van der Waals surface area contributed by atoms with E-state index in [2.05, 4.69) is 30.4 Å². The summed E-state index contributed by atoms with van der Waals surface area (Å²) in [5.74, 6) is 0. The van der Waals surface area contributed by atoms with Crippen LogP contribution in [-0.2, 0) is 25.4 Å². The first-order valence-electron chi connectivity index (χ1n) is 9.45. The lowest BCUT2D eigenvalue weighted by Crippen LogP contribution is -2.22. The number of aryl methyl sites for hydroxylation is 2. The maximum Gasteiger partial charge on any atom is 0.416 e. The maximum atomic E-state index is 12.8. The van der Waals surface area contributed by atoms with Gasteiger partial charge in [0, 0.05) is 6.04 Å². The Bertz CT molecular complexity index is 736. The lowest BCUT2D eigenvalue weighted by molar-refractivity contribution is -0.137. The molecular weight excluding hydrogens is 335 g/mol. The molecule has 0 bridgehead atoms. The van der Waals surface area contributed by atoms with Crippen LogP contribution in [0.4, 0.5) is 13.2 Å². The Hall–Kier alpha value is -1.81. The van der Waals surface area contributed by atoms with Crippen LogP contribution in [0.5, 0.6) is 0 Å². The van der Waals surface area contributed by atoms with Crippen LogP contribution in [0.3, 0.4) is 0 Å². The van der Waals surface area contributed by atoms with Gasteiger partial charge in [0.15, 0.2) is 0 Å². The third-order valence-electron chi connectivity index (χ3n) is 5.25. The van der Waals surface area contributed by atoms with Crippen molar-refractivity contribution < 1.29 is 13.2 Å². The molecule has 1 N–H and O–H groups in total. The van der Waals surface area contributed by atoms with Crippen molar-refractivity contribution in [2.75, 3.05) is 6.54 Å². The molecule has 1 unspecified atom stereocenters. The molecule has 4 heteroatoms. The summed E-state index contributed by atoms with van der Waals surface area (Å²) in [4.78, 5) is 0. The quantitative estimate of drug-likeness (QED) is 0.635. The summed E-state index contributed by atoms with van der Waals surface area (Å²) in [6.07, 6.45) is 2.06. The van der Waals surface area contributed by atoms with Gasteiger partial charge in [-0.1, -0.05) is 36.4 Å². The van der Waals surface area contributed by atoms with Crippen molar-refractivity contribution in [2.24, 2.45) is 0 Å². The molecule has 3 rings (SSSR count). The summed E-state index contributed by atoms with van der Waals surface area (Å²) < 4.78 is 38.3. The van der Waals surface area contributed by atoms with E-state index in [1.54, 1.807) is 6.07 Å². The zero-order valence-corrected chi connectivity index (χ0v) is 15.2. The molecule has 2 aromatic carbocycles. The van der Waals surface area contributed by atoms with E-state index in [0.717, 1.165) is 31.0 Å². The summed E-state index contributed by atoms with van der Waals surface area (Å²) in [7, 11) is 0. The molecule has 0 aliphatic heterocycles. The van der Waals surface area contributed by atoms with Gasteiger partial charge in [-0.3, -0.25) is 0 Å². The Labute approximate surface area is 153 Å². The number of nitrogens with one attached hydrogen (secondary N) is 1. The highest BCUT2D eigenvalue weighted by molar-refractivity contribution is 5.38. The minimum Gasteiger partial charge on any atom is -0.310 e. The summed E-state index contributed by atoms with van der Waals surface area (Å²) in [5, 5.41) is 3.54. The molecule has 0 heterocycles. The van der Waals surface area contributed by atoms with E-state index in [4.69, 9.17) is 0 Å². The molecule has 1 nitrogen and oxygen atoms in total. The third-order valence-corrected chi connectivity index (χ3v) is 5.25. The molecule has 0 saturated heterocycles. The lowest BCUT2D eigenvalue weighted by atomic mass is 9.86. The molecule has 26 heavy (non-hydrogen) atoms. The molecule has 1 aliphatic rings. The van der Waals surface area contributed by atoms with Crippen molar-refractivity contribution in [3.05, 3.63) is 70.3 Å². The van der Waals surface area contributed by atoms with E-state index >= 15 is 0 Å². The van der Waals surface area contributed by atoms with Crippen molar-refractivity contribution in [3.63, 3.8) is 0 Å². The predicted molar refractivity (Wildman–Crippen MR) is 99.3 cm³/mol. The second-order valence-electron chi connectivity index (χ2n) is 7.17. The molecule has 2 aromatic rings. The molecule has 1 aliphatic carbocycles. The minimum absolute atomic E-state index is 0.268. The van der Waals surface area contributed by atoms with Gasteiger partial charge in [0.05, 0.1) is 5.56 Å². The van der Waals surface area contributed by atoms with Gasteiger partial charge < -0.3 is 5.32 Å². The Morgan fingerprint density at radius 1 is 1.04 bits per heavy atom.